The largest absolute Gasteiger partial charge is 0.508 e. The van der Waals surface area contributed by atoms with Gasteiger partial charge in [-0.05, 0) is 74.0 Å². The normalized spacial score (nSPS) is 16.5. The fraction of sp³-hybridized carbons (Fsp3) is 0.643. The van der Waals surface area contributed by atoms with Crippen molar-refractivity contribution in [2.75, 3.05) is 32.7 Å². The molecule has 0 saturated carbocycles. The molecule has 1 aromatic rings. The van der Waals surface area contributed by atoms with E-state index in [0.717, 1.165) is 12.5 Å². The van der Waals surface area contributed by atoms with Crippen LogP contribution in [0, 0.1) is 11.3 Å². The van der Waals surface area contributed by atoms with Gasteiger partial charge < -0.3 is 63.6 Å². The Balaban J connectivity index is 0.00000197. The van der Waals surface area contributed by atoms with Crippen molar-refractivity contribution in [1.29, 1.82) is 0 Å². The number of likely N-dealkylation sites (tertiary alicyclic amines) is 1. The van der Waals surface area contributed by atoms with Crippen molar-refractivity contribution in [1.82, 2.24) is 36.8 Å². The van der Waals surface area contributed by atoms with Gasteiger partial charge in [0.2, 0.25) is 29.5 Å². The first-order chi connectivity index (χ1) is 30.8. The maximum absolute atomic E-state index is 14.2. The van der Waals surface area contributed by atoms with Gasteiger partial charge in [-0.3, -0.25) is 34.0 Å². The number of benzene rings is 1. The molecule has 5 atom stereocenters. The van der Waals surface area contributed by atoms with E-state index >= 15 is 0 Å². The summed E-state index contributed by atoms with van der Waals surface area (Å²) in [6.07, 6.45) is -2.12. The quantitative estimate of drug-likeness (QED) is 0.0427. The van der Waals surface area contributed by atoms with Crippen LogP contribution in [0.3, 0.4) is 0 Å². The standard InChI is InChI=1S/C40H65N11O8.C2HF3O2/c1-24(2)22-29(37(58)59)49-35(56)32(40(3,4)5)50-33(54)28(23-25-13-15-26(52)16-14-25)48-34(55)30-11-9-21-51(30)36(57)27(10-8-18-43-38(41)42)47-31(53)12-6-7-17-44-39-45-19-20-46-39;3-2(4,5)1(6)7/h13-16,24,27-30,32,52H,6-12,17-23H2,1-5H3,(H,47,53)(H,48,55)(H,49,56)(H,50,54)(H,58,59)(H4,41,42,43)(H2,44,45,46);(H,6,7)/t27-,28-,29-,30-,32+;/m0./s1. The van der Waals surface area contributed by atoms with Crippen LogP contribution >= 0.6 is 0 Å². The first kappa shape index (κ1) is 55.8. The fourth-order valence-electron chi connectivity index (χ4n) is 6.88. The van der Waals surface area contributed by atoms with Crippen LogP contribution in [-0.4, -0.2) is 143 Å². The van der Waals surface area contributed by atoms with E-state index in [1.807, 2.05) is 13.8 Å². The molecule has 0 aliphatic carbocycles. The second kappa shape index (κ2) is 26.6. The van der Waals surface area contributed by atoms with E-state index in [0.29, 0.717) is 50.8 Å². The predicted molar refractivity (Wildman–Crippen MR) is 237 cm³/mol. The number of aromatic hydroxyl groups is 1. The monoisotopic (exact) mass is 941 g/mol. The lowest BCUT2D eigenvalue weighted by Crippen LogP contribution is -2.61. The lowest BCUT2D eigenvalue weighted by Gasteiger charge is -2.33. The van der Waals surface area contributed by atoms with Crippen molar-refractivity contribution in [3.8, 4) is 5.75 Å². The van der Waals surface area contributed by atoms with E-state index in [2.05, 4.69) is 41.9 Å². The van der Waals surface area contributed by atoms with E-state index in [-0.39, 0.29) is 62.3 Å². The Morgan fingerprint density at radius 2 is 1.56 bits per heavy atom. The number of nitrogens with one attached hydrogen (secondary N) is 6. The number of guanidine groups is 2. The molecule has 1 saturated heterocycles. The van der Waals surface area contributed by atoms with Crippen molar-refractivity contribution in [3.05, 3.63) is 29.8 Å². The molecule has 2 aliphatic heterocycles. The molecule has 2 aliphatic rings. The topological polar surface area (TPSA) is 332 Å². The SMILES string of the molecule is CC(C)C[C@H](NC(=O)[C@@H](NC(=O)[C@H](Cc1ccc(O)cc1)NC(=O)[C@@H]1CCCN1C(=O)[C@H](CCCN=C(N)N)NC(=O)CCCCNC1=NCCN1)C(C)(C)C)C(=O)O.O=C(O)C(F)(F)F. The summed E-state index contributed by atoms with van der Waals surface area (Å²) in [5.41, 5.74) is 10.7. The lowest BCUT2D eigenvalue weighted by molar-refractivity contribution is -0.192. The molecule has 0 spiro atoms. The first-order valence-corrected chi connectivity index (χ1v) is 21.7. The van der Waals surface area contributed by atoms with Gasteiger partial charge in [-0.2, -0.15) is 13.2 Å². The molecule has 13 N–H and O–H groups in total. The maximum Gasteiger partial charge on any atom is 0.490 e. The molecule has 24 heteroatoms. The molecule has 66 heavy (non-hydrogen) atoms. The minimum absolute atomic E-state index is 0.00185. The number of hydrogen-bond acceptors (Lipinski definition) is 12. The number of carboxylic acid groups (broad SMARTS) is 2. The summed E-state index contributed by atoms with van der Waals surface area (Å²) >= 11 is 0. The smallest absolute Gasteiger partial charge is 0.490 e. The van der Waals surface area contributed by atoms with E-state index in [1.54, 1.807) is 32.9 Å². The van der Waals surface area contributed by atoms with Gasteiger partial charge in [0.1, 0.15) is 36.0 Å². The molecule has 2 heterocycles. The summed E-state index contributed by atoms with van der Waals surface area (Å²) in [6.45, 7) is 11.4. The number of carbonyl (C=O) groups excluding carboxylic acids is 5. The number of unbranched alkanes of at least 4 members (excludes halogenated alkanes) is 1. The number of carbonyl (C=O) groups is 7. The second-order valence-electron chi connectivity index (χ2n) is 17.4. The first-order valence-electron chi connectivity index (χ1n) is 21.7. The fourth-order valence-corrected chi connectivity index (χ4v) is 6.88. The third-order valence-electron chi connectivity index (χ3n) is 10.2. The van der Waals surface area contributed by atoms with Crippen LogP contribution in [-0.2, 0) is 40.0 Å². The number of nitrogens with zero attached hydrogens (tertiary/aromatic N) is 3. The van der Waals surface area contributed by atoms with Crippen molar-refractivity contribution in [3.63, 3.8) is 0 Å². The zero-order chi connectivity index (χ0) is 49.8. The van der Waals surface area contributed by atoms with Crippen LogP contribution < -0.4 is 43.4 Å². The second-order valence-corrected chi connectivity index (χ2v) is 17.4. The Morgan fingerprint density at radius 3 is 2.11 bits per heavy atom. The highest BCUT2D eigenvalue weighted by Gasteiger charge is 2.41. The predicted octanol–water partition coefficient (Wildman–Crippen LogP) is 0.448. The van der Waals surface area contributed by atoms with Gasteiger partial charge in [-0.1, -0.05) is 46.8 Å². The third kappa shape index (κ3) is 20.2. The number of aliphatic imine (C=N–C) groups is 2. The average molecular weight is 942 g/mol. The average Bonchev–Trinajstić information content (AvgIpc) is 3.93. The van der Waals surface area contributed by atoms with Gasteiger partial charge in [-0.25, -0.2) is 9.59 Å². The summed E-state index contributed by atoms with van der Waals surface area (Å²) in [4.78, 5) is 99.6. The van der Waals surface area contributed by atoms with Gasteiger partial charge in [0.05, 0.1) is 6.54 Å². The Bertz CT molecular complexity index is 1870. The van der Waals surface area contributed by atoms with Crippen LogP contribution in [0.2, 0.25) is 0 Å². The maximum atomic E-state index is 14.2. The summed E-state index contributed by atoms with van der Waals surface area (Å²) < 4.78 is 31.7. The molecule has 370 valence electrons. The number of alkyl halides is 3. The van der Waals surface area contributed by atoms with Crippen LogP contribution in [0.25, 0.3) is 0 Å². The summed E-state index contributed by atoms with van der Waals surface area (Å²) in [5, 5.41) is 44.1. The Morgan fingerprint density at radius 1 is 0.909 bits per heavy atom. The van der Waals surface area contributed by atoms with Crippen molar-refractivity contribution in [2.45, 2.75) is 129 Å². The van der Waals surface area contributed by atoms with E-state index < -0.39 is 77.4 Å². The molecule has 5 amide bonds. The van der Waals surface area contributed by atoms with E-state index in [4.69, 9.17) is 21.4 Å². The number of nitrogens with two attached hydrogens (primary N) is 2. The Hall–Kier alpha value is -6.36. The molecule has 0 bridgehead atoms. The number of halogens is 3. The molecule has 0 aromatic heterocycles. The third-order valence-corrected chi connectivity index (χ3v) is 10.2. The zero-order valence-corrected chi connectivity index (χ0v) is 38.0. The minimum Gasteiger partial charge on any atom is -0.508 e. The molecule has 0 unspecified atom stereocenters. The molecule has 1 aromatic carbocycles. The van der Waals surface area contributed by atoms with Crippen LogP contribution in [0.5, 0.6) is 5.75 Å². The van der Waals surface area contributed by atoms with E-state index in [1.165, 1.54) is 17.0 Å². The highest BCUT2D eigenvalue weighted by molar-refractivity contribution is 5.96. The Kier molecular flexibility index (Phi) is 22.4. The number of carboxylic acids is 2. The highest BCUT2D eigenvalue weighted by Crippen LogP contribution is 2.23. The summed E-state index contributed by atoms with van der Waals surface area (Å²) in [6, 6.07) is 0.528. The van der Waals surface area contributed by atoms with E-state index in [9.17, 15) is 52.2 Å². The molecule has 1 fully saturated rings. The van der Waals surface area contributed by atoms with Gasteiger partial charge >= 0.3 is 18.1 Å². The van der Waals surface area contributed by atoms with Gasteiger partial charge in [0.25, 0.3) is 0 Å². The van der Waals surface area contributed by atoms with Crippen molar-refractivity contribution >= 4 is 53.4 Å². The van der Waals surface area contributed by atoms with Gasteiger partial charge in [0, 0.05) is 39.0 Å². The molecular weight excluding hydrogens is 876 g/mol. The minimum atomic E-state index is -5.08. The highest BCUT2D eigenvalue weighted by atomic mass is 19.4. The Labute approximate surface area is 381 Å². The van der Waals surface area contributed by atoms with Gasteiger partial charge in [0.15, 0.2) is 11.9 Å². The molecule has 0 radical (unpaired) electrons. The number of aliphatic carboxylic acids is 2. The van der Waals surface area contributed by atoms with Crippen LogP contribution in [0.1, 0.15) is 91.5 Å². The number of phenolic OH excluding ortho intramolecular Hbond substituents is 1. The number of phenols is 1. The summed E-state index contributed by atoms with van der Waals surface area (Å²) in [7, 11) is 0. The molecular formula is C42H66F3N11O10. The number of hydrogen-bond donors (Lipinski definition) is 11. The zero-order valence-electron chi connectivity index (χ0n) is 38.0. The van der Waals surface area contributed by atoms with Gasteiger partial charge in [-0.15, -0.1) is 0 Å². The van der Waals surface area contributed by atoms with Crippen molar-refractivity contribution in [2.24, 2.45) is 32.8 Å². The molecule has 3 rings (SSSR count). The van der Waals surface area contributed by atoms with Crippen LogP contribution in [0.4, 0.5) is 13.2 Å². The lowest BCUT2D eigenvalue weighted by atomic mass is 9.85. The summed E-state index contributed by atoms with van der Waals surface area (Å²) in [5.74, 6) is -6.12. The molecule has 21 nitrogen and oxygen atoms in total. The van der Waals surface area contributed by atoms with Crippen LogP contribution in [0.15, 0.2) is 34.3 Å². The number of rotatable bonds is 22. The van der Waals surface area contributed by atoms with Crippen molar-refractivity contribution < 1.29 is 62.1 Å². The number of amides is 5.